The number of carbonyl (C=O) groups is 1. The minimum Gasteiger partial charge on any atom is -0.497 e. The molecule has 0 radical (unpaired) electrons. The van der Waals surface area contributed by atoms with Gasteiger partial charge in [-0.3, -0.25) is 4.79 Å². The van der Waals surface area contributed by atoms with Crippen molar-refractivity contribution in [2.75, 3.05) is 12.9 Å². The van der Waals surface area contributed by atoms with Crippen molar-refractivity contribution in [3.05, 3.63) is 29.8 Å². The van der Waals surface area contributed by atoms with E-state index in [0.29, 0.717) is 6.54 Å². The Morgan fingerprint density at radius 3 is 2.63 bits per heavy atom. The van der Waals surface area contributed by atoms with Crippen LogP contribution < -0.4 is 10.1 Å². The van der Waals surface area contributed by atoms with E-state index in [2.05, 4.69) is 12.2 Å². The van der Waals surface area contributed by atoms with Gasteiger partial charge in [-0.2, -0.15) is 0 Å². The molecule has 1 atom stereocenters. The molecule has 19 heavy (non-hydrogen) atoms. The normalized spacial score (nSPS) is 11.9. The van der Waals surface area contributed by atoms with Crippen LogP contribution in [0.1, 0.15) is 32.3 Å². The van der Waals surface area contributed by atoms with Crippen LogP contribution in [0.4, 0.5) is 0 Å². The fourth-order valence-corrected chi connectivity index (χ4v) is 2.60. The maximum absolute atomic E-state index is 11.9. The Labute approximate surface area is 120 Å². The summed E-state index contributed by atoms with van der Waals surface area (Å²) in [5.41, 5.74) is 1.08. The molecule has 0 aliphatic heterocycles. The zero-order valence-corrected chi connectivity index (χ0v) is 12.8. The molecule has 4 heteroatoms. The molecule has 1 aromatic rings. The van der Waals surface area contributed by atoms with E-state index in [-0.39, 0.29) is 11.2 Å². The lowest BCUT2D eigenvalue weighted by Crippen LogP contribution is -2.30. The van der Waals surface area contributed by atoms with E-state index in [1.165, 1.54) is 12.8 Å². The van der Waals surface area contributed by atoms with Crippen molar-refractivity contribution in [1.82, 2.24) is 5.32 Å². The van der Waals surface area contributed by atoms with Crippen LogP contribution in [0.25, 0.3) is 0 Å². The predicted molar refractivity (Wildman–Crippen MR) is 81.7 cm³/mol. The Morgan fingerprint density at radius 2 is 2.05 bits per heavy atom. The standard InChI is InChI=1S/C15H23NO2S/c1-4-5-10-19-12(2)15(17)16-11-13-6-8-14(18-3)9-7-13/h6-9,12H,4-5,10-11H2,1-3H3,(H,16,17). The number of methoxy groups -OCH3 is 1. The third-order valence-corrected chi connectivity index (χ3v) is 4.10. The van der Waals surface area contributed by atoms with E-state index in [0.717, 1.165) is 17.1 Å². The first-order chi connectivity index (χ1) is 9.17. The van der Waals surface area contributed by atoms with Gasteiger partial charge in [0.1, 0.15) is 5.75 Å². The van der Waals surface area contributed by atoms with Gasteiger partial charge in [-0.05, 0) is 36.8 Å². The summed E-state index contributed by atoms with van der Waals surface area (Å²) in [7, 11) is 1.64. The number of rotatable bonds is 8. The summed E-state index contributed by atoms with van der Waals surface area (Å²) < 4.78 is 5.10. The molecule has 1 amide bonds. The molecule has 0 bridgehead atoms. The smallest absolute Gasteiger partial charge is 0.233 e. The molecule has 0 fully saturated rings. The molecule has 0 aromatic heterocycles. The Kier molecular flexibility index (Phi) is 7.41. The van der Waals surface area contributed by atoms with Gasteiger partial charge in [0.05, 0.1) is 12.4 Å². The van der Waals surface area contributed by atoms with Gasteiger partial charge in [0.15, 0.2) is 0 Å². The lowest BCUT2D eigenvalue weighted by molar-refractivity contribution is -0.120. The van der Waals surface area contributed by atoms with Gasteiger partial charge in [-0.1, -0.05) is 25.5 Å². The van der Waals surface area contributed by atoms with Gasteiger partial charge in [0, 0.05) is 6.54 Å². The number of ether oxygens (including phenoxy) is 1. The number of carbonyl (C=O) groups excluding carboxylic acids is 1. The lowest BCUT2D eigenvalue weighted by Gasteiger charge is -2.12. The second kappa shape index (κ2) is 8.86. The van der Waals surface area contributed by atoms with Crippen LogP contribution in [0.5, 0.6) is 5.75 Å². The van der Waals surface area contributed by atoms with Crippen LogP contribution >= 0.6 is 11.8 Å². The molecular weight excluding hydrogens is 258 g/mol. The molecule has 1 rings (SSSR count). The highest BCUT2D eigenvalue weighted by atomic mass is 32.2. The molecule has 1 aromatic carbocycles. The zero-order chi connectivity index (χ0) is 14.1. The average Bonchev–Trinajstić information content (AvgIpc) is 2.45. The monoisotopic (exact) mass is 281 g/mol. The molecular formula is C15H23NO2S. The highest BCUT2D eigenvalue weighted by Crippen LogP contribution is 2.14. The minimum atomic E-state index is 0.0183. The largest absolute Gasteiger partial charge is 0.497 e. The minimum absolute atomic E-state index is 0.0183. The molecule has 0 aliphatic carbocycles. The van der Waals surface area contributed by atoms with Crippen LogP contribution in [0.3, 0.4) is 0 Å². The summed E-state index contributed by atoms with van der Waals surface area (Å²) in [4.78, 5) is 11.9. The number of hydrogen-bond donors (Lipinski definition) is 1. The zero-order valence-electron chi connectivity index (χ0n) is 11.9. The van der Waals surface area contributed by atoms with Gasteiger partial charge in [0.2, 0.25) is 5.91 Å². The lowest BCUT2D eigenvalue weighted by atomic mass is 10.2. The van der Waals surface area contributed by atoms with Gasteiger partial charge in [-0.15, -0.1) is 11.8 Å². The SMILES string of the molecule is CCCCSC(C)C(=O)NCc1ccc(OC)cc1. The summed E-state index contributed by atoms with van der Waals surface area (Å²) >= 11 is 1.72. The molecule has 0 spiro atoms. The quantitative estimate of drug-likeness (QED) is 0.743. The number of nitrogens with one attached hydrogen (secondary N) is 1. The second-order valence-corrected chi connectivity index (χ2v) is 5.88. The number of unbranched alkanes of at least 4 members (excludes halogenated alkanes) is 1. The highest BCUT2D eigenvalue weighted by Gasteiger charge is 2.12. The van der Waals surface area contributed by atoms with Crippen LogP contribution in [0.15, 0.2) is 24.3 Å². The van der Waals surface area contributed by atoms with Gasteiger partial charge in [0.25, 0.3) is 0 Å². The molecule has 106 valence electrons. The van der Waals surface area contributed by atoms with Crippen molar-refractivity contribution < 1.29 is 9.53 Å². The van der Waals surface area contributed by atoms with E-state index in [4.69, 9.17) is 4.74 Å². The predicted octanol–water partition coefficient (Wildman–Crippen LogP) is 3.23. The van der Waals surface area contributed by atoms with Crippen molar-refractivity contribution in [2.45, 2.75) is 38.5 Å². The van der Waals surface area contributed by atoms with E-state index in [1.807, 2.05) is 31.2 Å². The Bertz CT molecular complexity index is 378. The third-order valence-electron chi connectivity index (χ3n) is 2.86. The molecule has 0 saturated heterocycles. The van der Waals surface area contributed by atoms with Crippen LogP contribution in [-0.4, -0.2) is 24.0 Å². The number of thioether (sulfide) groups is 1. The van der Waals surface area contributed by atoms with Crippen LogP contribution in [0, 0.1) is 0 Å². The van der Waals surface area contributed by atoms with Crippen LogP contribution in [-0.2, 0) is 11.3 Å². The maximum Gasteiger partial charge on any atom is 0.233 e. The first kappa shape index (κ1) is 15.9. The summed E-state index contributed by atoms with van der Waals surface area (Å²) in [6.45, 7) is 4.69. The summed E-state index contributed by atoms with van der Waals surface area (Å²) in [5.74, 6) is 1.99. The topological polar surface area (TPSA) is 38.3 Å². The average molecular weight is 281 g/mol. The van der Waals surface area contributed by atoms with E-state index in [1.54, 1.807) is 18.9 Å². The molecule has 0 heterocycles. The van der Waals surface area contributed by atoms with Gasteiger partial charge in [-0.25, -0.2) is 0 Å². The number of benzene rings is 1. The van der Waals surface area contributed by atoms with Crippen LogP contribution in [0.2, 0.25) is 0 Å². The summed E-state index contributed by atoms with van der Waals surface area (Å²) in [5, 5.41) is 2.98. The van der Waals surface area contributed by atoms with E-state index in [9.17, 15) is 4.79 Å². The van der Waals surface area contributed by atoms with E-state index >= 15 is 0 Å². The molecule has 0 saturated carbocycles. The maximum atomic E-state index is 11.9. The van der Waals surface area contributed by atoms with Crippen molar-refractivity contribution in [2.24, 2.45) is 0 Å². The van der Waals surface area contributed by atoms with Crippen molar-refractivity contribution >= 4 is 17.7 Å². The molecule has 3 nitrogen and oxygen atoms in total. The Hall–Kier alpha value is -1.16. The highest BCUT2D eigenvalue weighted by molar-refractivity contribution is 8.00. The van der Waals surface area contributed by atoms with E-state index < -0.39 is 0 Å². The third kappa shape index (κ3) is 6.01. The summed E-state index contributed by atoms with van der Waals surface area (Å²) in [6.07, 6.45) is 2.34. The fraction of sp³-hybridized carbons (Fsp3) is 0.533. The molecule has 0 aliphatic rings. The number of amides is 1. The second-order valence-electron chi connectivity index (χ2n) is 4.43. The first-order valence-electron chi connectivity index (χ1n) is 6.69. The Morgan fingerprint density at radius 1 is 1.37 bits per heavy atom. The van der Waals surface area contributed by atoms with Crippen molar-refractivity contribution in [3.8, 4) is 5.75 Å². The number of hydrogen-bond acceptors (Lipinski definition) is 3. The first-order valence-corrected chi connectivity index (χ1v) is 7.74. The summed E-state index contributed by atoms with van der Waals surface area (Å²) in [6, 6.07) is 7.74. The Balaban J connectivity index is 2.32. The van der Waals surface area contributed by atoms with Gasteiger partial charge < -0.3 is 10.1 Å². The van der Waals surface area contributed by atoms with Crippen molar-refractivity contribution in [3.63, 3.8) is 0 Å². The molecule has 1 N–H and O–H groups in total. The molecule has 1 unspecified atom stereocenters. The fourth-order valence-electron chi connectivity index (χ4n) is 1.56. The van der Waals surface area contributed by atoms with Gasteiger partial charge >= 0.3 is 0 Å². The van der Waals surface area contributed by atoms with Crippen molar-refractivity contribution in [1.29, 1.82) is 0 Å².